The highest BCUT2D eigenvalue weighted by molar-refractivity contribution is 6.30. The summed E-state index contributed by atoms with van der Waals surface area (Å²) in [6.07, 6.45) is 2.67. The number of halogens is 1. The Bertz CT molecular complexity index is 1050. The fourth-order valence-electron chi connectivity index (χ4n) is 4.88. The largest absolute Gasteiger partial charge is 0.273 e. The average Bonchev–Trinajstić information content (AvgIpc) is 3.16. The number of fused-ring (bicyclic) bond motifs is 1. The maximum Gasteiger partial charge on any atom is 0.248 e. The number of rotatable bonds is 5. The third-order valence-electron chi connectivity index (χ3n) is 6.71. The van der Waals surface area contributed by atoms with E-state index in [1.54, 1.807) is 4.68 Å². The van der Waals surface area contributed by atoms with Gasteiger partial charge < -0.3 is 0 Å². The molecule has 4 rings (SSSR count). The van der Waals surface area contributed by atoms with Crippen LogP contribution in [0.25, 0.3) is 11.3 Å². The number of benzene rings is 2. The van der Waals surface area contributed by atoms with E-state index in [2.05, 4.69) is 39.8 Å². The number of hydrogen-bond donors (Lipinski definition) is 0. The summed E-state index contributed by atoms with van der Waals surface area (Å²) >= 11 is 6.04. The summed E-state index contributed by atoms with van der Waals surface area (Å²) in [7, 11) is 0. The molecule has 4 heteroatoms. The highest BCUT2D eigenvalue weighted by Gasteiger charge is 2.35. The van der Waals surface area contributed by atoms with Crippen LogP contribution in [-0.4, -0.2) is 15.7 Å². The van der Waals surface area contributed by atoms with Gasteiger partial charge >= 0.3 is 0 Å². The van der Waals surface area contributed by atoms with Gasteiger partial charge in [-0.25, -0.2) is 0 Å². The van der Waals surface area contributed by atoms with Crippen molar-refractivity contribution < 1.29 is 4.79 Å². The number of carbonyl (C=O) groups is 1. The molecule has 1 aliphatic carbocycles. The number of aromatic nitrogens is 2. The normalized spacial score (nSPS) is 19.3. The van der Waals surface area contributed by atoms with Crippen LogP contribution in [0, 0.1) is 5.92 Å². The lowest BCUT2D eigenvalue weighted by atomic mass is 9.75. The molecule has 2 aromatic carbocycles. The van der Waals surface area contributed by atoms with Crippen molar-refractivity contribution in [3.05, 3.63) is 76.4 Å². The van der Waals surface area contributed by atoms with Crippen LogP contribution in [0.3, 0.4) is 0 Å². The van der Waals surface area contributed by atoms with E-state index in [0.29, 0.717) is 29.2 Å². The van der Waals surface area contributed by atoms with E-state index >= 15 is 0 Å². The Hall–Kier alpha value is -2.39. The summed E-state index contributed by atoms with van der Waals surface area (Å²) in [6, 6.07) is 18.0. The van der Waals surface area contributed by atoms with Crippen molar-refractivity contribution in [3.8, 4) is 11.3 Å². The lowest BCUT2D eigenvalue weighted by molar-refractivity contribution is 0.0880. The summed E-state index contributed by atoms with van der Waals surface area (Å²) in [6.45, 7) is 8.88. The molecule has 0 fully saturated rings. The van der Waals surface area contributed by atoms with Crippen molar-refractivity contribution in [1.29, 1.82) is 0 Å². The summed E-state index contributed by atoms with van der Waals surface area (Å²) in [5.74, 6) is 1.44. The first kappa shape index (κ1) is 21.8. The van der Waals surface area contributed by atoms with Gasteiger partial charge in [0.05, 0.1) is 11.4 Å². The number of hydrogen-bond acceptors (Lipinski definition) is 2. The molecule has 0 bridgehead atoms. The first-order valence-corrected chi connectivity index (χ1v) is 11.7. The summed E-state index contributed by atoms with van der Waals surface area (Å²) in [4.78, 5) is 13.6. The Morgan fingerprint density at radius 1 is 1.06 bits per heavy atom. The predicted octanol–water partition coefficient (Wildman–Crippen LogP) is 7.67. The first-order chi connectivity index (χ1) is 14.9. The maximum atomic E-state index is 13.6. The second kappa shape index (κ2) is 9.00. The second-order valence-corrected chi connectivity index (χ2v) is 9.74. The smallest absolute Gasteiger partial charge is 0.248 e. The van der Waals surface area contributed by atoms with Gasteiger partial charge in [-0.3, -0.25) is 4.79 Å². The van der Waals surface area contributed by atoms with Crippen LogP contribution >= 0.6 is 11.6 Å². The topological polar surface area (TPSA) is 34.9 Å². The van der Waals surface area contributed by atoms with E-state index in [0.717, 1.165) is 35.4 Å². The Morgan fingerprint density at radius 2 is 1.74 bits per heavy atom. The molecule has 1 aromatic heterocycles. The van der Waals surface area contributed by atoms with Crippen molar-refractivity contribution in [3.63, 3.8) is 0 Å². The Balaban J connectivity index is 1.77. The molecule has 0 saturated carbocycles. The molecule has 0 unspecified atom stereocenters. The molecule has 3 nitrogen and oxygen atoms in total. The fraction of sp³-hybridized carbons (Fsp3) is 0.407. The molecule has 0 N–H and O–H groups in total. The van der Waals surface area contributed by atoms with E-state index in [4.69, 9.17) is 16.7 Å². The summed E-state index contributed by atoms with van der Waals surface area (Å²) < 4.78 is 1.71. The average molecular weight is 435 g/mol. The van der Waals surface area contributed by atoms with Gasteiger partial charge in [-0.2, -0.15) is 9.78 Å². The standard InChI is InChI=1S/C27H31ClN2O/c1-17(2)23-15-10-18(3)25-26(23)29-30(27(25)21-8-6-5-7-9-21)24(31)16-19(4)20-11-13-22(28)14-12-20/h5-9,11-14,17-19,23H,10,15-16H2,1-4H3/t18-,19+,23+/m1/s1. The van der Waals surface area contributed by atoms with Crippen molar-refractivity contribution in [2.45, 2.75) is 64.7 Å². The van der Waals surface area contributed by atoms with Gasteiger partial charge in [0.1, 0.15) is 0 Å². The molecule has 0 aliphatic heterocycles. The third kappa shape index (κ3) is 4.34. The minimum atomic E-state index is 0.0467. The van der Waals surface area contributed by atoms with Gasteiger partial charge in [-0.15, -0.1) is 0 Å². The monoisotopic (exact) mass is 434 g/mol. The molecular formula is C27H31ClN2O. The zero-order chi connectivity index (χ0) is 22.1. The lowest BCUT2D eigenvalue weighted by Crippen LogP contribution is -2.17. The summed E-state index contributed by atoms with van der Waals surface area (Å²) in [5, 5.41) is 5.70. The van der Waals surface area contributed by atoms with Gasteiger partial charge in [0.2, 0.25) is 5.91 Å². The molecule has 1 aliphatic rings. The molecule has 3 aromatic rings. The van der Waals surface area contributed by atoms with E-state index < -0.39 is 0 Å². The first-order valence-electron chi connectivity index (χ1n) is 11.3. The Kier molecular flexibility index (Phi) is 6.34. The van der Waals surface area contributed by atoms with Gasteiger partial charge in [0.25, 0.3) is 0 Å². The van der Waals surface area contributed by atoms with Crippen LogP contribution < -0.4 is 0 Å². The minimum Gasteiger partial charge on any atom is -0.273 e. The highest BCUT2D eigenvalue weighted by Crippen LogP contribution is 2.46. The van der Waals surface area contributed by atoms with Gasteiger partial charge in [0.15, 0.2) is 0 Å². The van der Waals surface area contributed by atoms with Gasteiger partial charge in [0, 0.05) is 28.5 Å². The third-order valence-corrected chi connectivity index (χ3v) is 6.97. The minimum absolute atomic E-state index is 0.0467. The van der Waals surface area contributed by atoms with Crippen molar-refractivity contribution >= 4 is 17.5 Å². The molecule has 0 radical (unpaired) electrons. The lowest BCUT2D eigenvalue weighted by Gasteiger charge is -2.28. The molecule has 3 atom stereocenters. The van der Waals surface area contributed by atoms with Crippen molar-refractivity contribution in [1.82, 2.24) is 9.78 Å². The molecular weight excluding hydrogens is 404 g/mol. The van der Waals surface area contributed by atoms with Gasteiger partial charge in [-0.05, 0) is 48.3 Å². The molecule has 31 heavy (non-hydrogen) atoms. The van der Waals surface area contributed by atoms with Gasteiger partial charge in [-0.1, -0.05) is 81.8 Å². The Morgan fingerprint density at radius 3 is 2.39 bits per heavy atom. The molecule has 1 heterocycles. The second-order valence-electron chi connectivity index (χ2n) is 9.30. The van der Waals surface area contributed by atoms with Crippen LogP contribution in [0.1, 0.15) is 86.3 Å². The number of nitrogens with zero attached hydrogens (tertiary/aromatic N) is 2. The zero-order valence-corrected chi connectivity index (χ0v) is 19.6. The molecule has 0 spiro atoms. The van der Waals surface area contributed by atoms with Crippen LogP contribution in [0.4, 0.5) is 0 Å². The van der Waals surface area contributed by atoms with E-state index in [9.17, 15) is 4.79 Å². The van der Waals surface area contributed by atoms with E-state index in [1.165, 1.54) is 5.56 Å². The Labute approximate surface area is 190 Å². The van der Waals surface area contributed by atoms with Crippen LogP contribution in [0.2, 0.25) is 5.02 Å². The maximum absolute atomic E-state index is 13.6. The highest BCUT2D eigenvalue weighted by atomic mass is 35.5. The number of carbonyl (C=O) groups excluding carboxylic acids is 1. The fourth-order valence-corrected chi connectivity index (χ4v) is 5.00. The molecule has 162 valence electrons. The van der Waals surface area contributed by atoms with E-state index in [-0.39, 0.29) is 11.8 Å². The zero-order valence-electron chi connectivity index (χ0n) is 18.8. The van der Waals surface area contributed by atoms with Crippen molar-refractivity contribution in [2.75, 3.05) is 0 Å². The van der Waals surface area contributed by atoms with Crippen LogP contribution in [0.15, 0.2) is 54.6 Å². The van der Waals surface area contributed by atoms with E-state index in [1.807, 2.05) is 42.5 Å². The van der Waals surface area contributed by atoms with Crippen LogP contribution in [0.5, 0.6) is 0 Å². The molecule has 0 saturated heterocycles. The predicted molar refractivity (Wildman–Crippen MR) is 128 cm³/mol. The van der Waals surface area contributed by atoms with Crippen molar-refractivity contribution in [2.24, 2.45) is 5.92 Å². The molecule has 0 amide bonds. The quantitative estimate of drug-likeness (QED) is 0.412. The SMILES string of the molecule is CC(C)[C@@H]1CC[C@@H](C)c2c1nn(C(=O)C[C@H](C)c1ccc(Cl)cc1)c2-c1ccccc1. The summed E-state index contributed by atoms with van der Waals surface area (Å²) in [5.41, 5.74) is 5.56. The van der Waals surface area contributed by atoms with Crippen LogP contribution in [-0.2, 0) is 0 Å².